The zero-order valence-electron chi connectivity index (χ0n) is 21.1. The average molecular weight is 501 g/mol. The summed E-state index contributed by atoms with van der Waals surface area (Å²) < 4.78 is 49.8. The summed E-state index contributed by atoms with van der Waals surface area (Å²) >= 11 is 0. The van der Waals surface area contributed by atoms with E-state index in [4.69, 9.17) is 9.15 Å². The second-order valence-corrected chi connectivity index (χ2v) is 10.5. The van der Waals surface area contributed by atoms with Gasteiger partial charge >= 0.3 is 6.18 Å². The number of furan rings is 1. The summed E-state index contributed by atoms with van der Waals surface area (Å²) in [5, 5.41) is 3.82. The zero-order chi connectivity index (χ0) is 26.6. The fourth-order valence-electron chi connectivity index (χ4n) is 4.21. The quantitative estimate of drug-likeness (QED) is 0.263. The molecule has 0 aliphatic carbocycles. The van der Waals surface area contributed by atoms with Crippen LogP contribution >= 0.6 is 0 Å². The number of hydrazone groups is 1. The molecule has 36 heavy (non-hydrogen) atoms. The molecular weight excluding hydrogens is 469 g/mol. The first-order chi connectivity index (χ1) is 16.7. The van der Waals surface area contributed by atoms with Crippen LogP contribution in [0.3, 0.4) is 0 Å². The van der Waals surface area contributed by atoms with E-state index >= 15 is 0 Å². The summed E-state index contributed by atoms with van der Waals surface area (Å²) in [6.45, 7) is 10.8. The lowest BCUT2D eigenvalue weighted by atomic mass is 9.72. The van der Waals surface area contributed by atoms with Gasteiger partial charge in [0, 0.05) is 5.56 Å². The summed E-state index contributed by atoms with van der Waals surface area (Å²) in [5.74, 6) is 0.637. The molecule has 8 heteroatoms. The Morgan fingerprint density at radius 1 is 0.972 bits per heavy atom. The number of rotatable bonds is 8. The summed E-state index contributed by atoms with van der Waals surface area (Å²) in [7, 11) is 0. The highest BCUT2D eigenvalue weighted by Gasteiger charge is 2.30. The minimum absolute atomic E-state index is 0.00964. The number of alkyl halides is 3. The van der Waals surface area contributed by atoms with Gasteiger partial charge in [0.15, 0.2) is 6.61 Å². The lowest BCUT2D eigenvalue weighted by Gasteiger charge is -2.33. The van der Waals surface area contributed by atoms with E-state index in [1.165, 1.54) is 30.0 Å². The van der Waals surface area contributed by atoms with Gasteiger partial charge in [-0.05, 0) is 59.2 Å². The fraction of sp³-hybridized carbons (Fsp3) is 0.357. The number of nitrogens with one attached hydrogen (secondary N) is 1. The standard InChI is InChI=1S/C28H31F3N2O3/c1-26(2,3)18-27(4,5)20-9-11-22(12-10-20)35-17-25(34)33-32-16-23-13-14-24(36-23)19-7-6-8-21(15-19)28(29,30)31/h6-16H,17-18H2,1-5H3,(H,33,34)/b32-16-. The first kappa shape index (κ1) is 27.0. The van der Waals surface area contributed by atoms with E-state index in [9.17, 15) is 18.0 Å². The van der Waals surface area contributed by atoms with E-state index in [1.807, 2.05) is 24.3 Å². The highest BCUT2D eigenvalue weighted by atomic mass is 19.4. The van der Waals surface area contributed by atoms with Crippen molar-refractivity contribution in [1.29, 1.82) is 0 Å². The van der Waals surface area contributed by atoms with Crippen LogP contribution in [0.25, 0.3) is 11.3 Å². The number of ether oxygens (including phenoxy) is 1. The molecule has 0 bridgehead atoms. The molecule has 1 amide bonds. The Labute approximate surface area is 209 Å². The normalized spacial score (nSPS) is 12.7. The predicted molar refractivity (Wildman–Crippen MR) is 134 cm³/mol. The van der Waals surface area contributed by atoms with Gasteiger partial charge in [-0.1, -0.05) is 58.9 Å². The predicted octanol–water partition coefficient (Wildman–Crippen LogP) is 7.21. The first-order valence-corrected chi connectivity index (χ1v) is 11.6. The van der Waals surface area contributed by atoms with Crippen LogP contribution in [0.2, 0.25) is 0 Å². The molecule has 0 saturated heterocycles. The third-order valence-corrected chi connectivity index (χ3v) is 5.46. The number of carbonyl (C=O) groups is 1. The van der Waals surface area contributed by atoms with E-state index in [1.54, 1.807) is 6.07 Å². The summed E-state index contributed by atoms with van der Waals surface area (Å²) in [6.07, 6.45) is -2.15. The van der Waals surface area contributed by atoms with Gasteiger partial charge in [0.05, 0.1) is 11.8 Å². The largest absolute Gasteiger partial charge is 0.484 e. The van der Waals surface area contributed by atoms with E-state index in [0.717, 1.165) is 18.6 Å². The Hall–Kier alpha value is -3.55. The van der Waals surface area contributed by atoms with Gasteiger partial charge in [-0.3, -0.25) is 4.79 Å². The average Bonchev–Trinajstić information content (AvgIpc) is 3.25. The Kier molecular flexibility index (Phi) is 7.96. The van der Waals surface area contributed by atoms with Crippen LogP contribution in [0.1, 0.15) is 57.9 Å². The Bertz CT molecular complexity index is 1200. The molecule has 2 aromatic carbocycles. The molecule has 0 radical (unpaired) electrons. The van der Waals surface area contributed by atoms with Gasteiger partial charge in [0.1, 0.15) is 17.3 Å². The molecular formula is C28H31F3N2O3. The third kappa shape index (κ3) is 7.73. The summed E-state index contributed by atoms with van der Waals surface area (Å²) in [4.78, 5) is 12.1. The molecule has 0 atom stereocenters. The van der Waals surface area contributed by atoms with E-state index < -0.39 is 17.6 Å². The lowest BCUT2D eigenvalue weighted by molar-refractivity contribution is -0.137. The second-order valence-electron chi connectivity index (χ2n) is 10.5. The molecule has 5 nitrogen and oxygen atoms in total. The minimum Gasteiger partial charge on any atom is -0.484 e. The molecule has 0 aliphatic heterocycles. The molecule has 3 aromatic rings. The molecule has 0 saturated carbocycles. The molecule has 0 unspecified atom stereocenters. The van der Waals surface area contributed by atoms with Gasteiger partial charge in [0.25, 0.3) is 5.91 Å². The molecule has 1 aromatic heterocycles. The highest BCUT2D eigenvalue weighted by molar-refractivity contribution is 5.81. The van der Waals surface area contributed by atoms with Crippen molar-refractivity contribution in [3.8, 4) is 17.1 Å². The van der Waals surface area contributed by atoms with Crippen molar-refractivity contribution in [3.05, 3.63) is 77.6 Å². The third-order valence-electron chi connectivity index (χ3n) is 5.46. The molecule has 1 N–H and O–H groups in total. The van der Waals surface area contributed by atoms with Gasteiger partial charge in [0.2, 0.25) is 0 Å². The molecule has 192 valence electrons. The highest BCUT2D eigenvalue weighted by Crippen LogP contribution is 2.36. The van der Waals surface area contributed by atoms with Crippen LogP contribution < -0.4 is 10.2 Å². The smallest absolute Gasteiger partial charge is 0.416 e. The number of hydrogen-bond donors (Lipinski definition) is 1. The van der Waals surface area contributed by atoms with Crippen molar-refractivity contribution in [2.75, 3.05) is 6.61 Å². The summed E-state index contributed by atoms with van der Waals surface area (Å²) in [6, 6.07) is 15.6. The Morgan fingerprint density at radius 2 is 1.67 bits per heavy atom. The van der Waals surface area contributed by atoms with Crippen molar-refractivity contribution in [1.82, 2.24) is 5.43 Å². The molecule has 0 fully saturated rings. The van der Waals surface area contributed by atoms with Crippen LogP contribution in [0.5, 0.6) is 5.75 Å². The zero-order valence-corrected chi connectivity index (χ0v) is 21.1. The monoisotopic (exact) mass is 500 g/mol. The van der Waals surface area contributed by atoms with Gasteiger partial charge in [-0.25, -0.2) is 5.43 Å². The lowest BCUT2D eigenvalue weighted by Crippen LogP contribution is -2.25. The minimum atomic E-state index is -4.44. The number of benzene rings is 2. The first-order valence-electron chi connectivity index (χ1n) is 11.6. The van der Waals surface area contributed by atoms with Gasteiger partial charge in [-0.2, -0.15) is 18.3 Å². The number of halogens is 3. The van der Waals surface area contributed by atoms with E-state index in [0.29, 0.717) is 5.75 Å². The van der Waals surface area contributed by atoms with Gasteiger partial charge < -0.3 is 9.15 Å². The van der Waals surface area contributed by atoms with Crippen molar-refractivity contribution in [2.24, 2.45) is 10.5 Å². The number of nitrogens with zero attached hydrogens (tertiary/aromatic N) is 1. The Morgan fingerprint density at radius 3 is 2.31 bits per heavy atom. The molecule has 0 aliphatic rings. The number of hydrogen-bond acceptors (Lipinski definition) is 4. The molecule has 1 heterocycles. The van der Waals surface area contributed by atoms with E-state index in [2.05, 4.69) is 45.1 Å². The fourth-order valence-corrected chi connectivity index (χ4v) is 4.21. The second kappa shape index (κ2) is 10.6. The topological polar surface area (TPSA) is 63.8 Å². The molecule has 0 spiro atoms. The van der Waals surface area contributed by atoms with Gasteiger partial charge in [-0.15, -0.1) is 0 Å². The van der Waals surface area contributed by atoms with Crippen molar-refractivity contribution < 1.29 is 27.1 Å². The van der Waals surface area contributed by atoms with Crippen LogP contribution in [0, 0.1) is 5.41 Å². The molecule has 3 rings (SSSR count). The van der Waals surface area contributed by atoms with Crippen LogP contribution in [-0.2, 0) is 16.4 Å². The maximum Gasteiger partial charge on any atom is 0.416 e. The van der Waals surface area contributed by atoms with Crippen LogP contribution in [0.15, 0.2) is 70.2 Å². The van der Waals surface area contributed by atoms with Crippen LogP contribution in [0.4, 0.5) is 13.2 Å². The maximum atomic E-state index is 12.9. The SMILES string of the molecule is CC(C)(C)CC(C)(C)c1ccc(OCC(=O)N/N=C\c2ccc(-c3cccc(C(F)(F)F)c3)o2)cc1. The number of amides is 1. The number of carbonyl (C=O) groups excluding carboxylic acids is 1. The van der Waals surface area contributed by atoms with Crippen LogP contribution in [-0.4, -0.2) is 18.7 Å². The maximum absolute atomic E-state index is 12.9. The van der Waals surface area contributed by atoms with Crippen molar-refractivity contribution in [3.63, 3.8) is 0 Å². The van der Waals surface area contributed by atoms with Crippen molar-refractivity contribution in [2.45, 2.75) is 52.6 Å². The van der Waals surface area contributed by atoms with Crippen molar-refractivity contribution >= 4 is 12.1 Å². The summed E-state index contributed by atoms with van der Waals surface area (Å²) in [5.41, 5.74) is 3.27. The Balaban J connectivity index is 1.51. The van der Waals surface area contributed by atoms with E-state index in [-0.39, 0.29) is 34.5 Å².